The number of ether oxygens (including phenoxy) is 1. The fourth-order valence-corrected chi connectivity index (χ4v) is 3.58. The van der Waals surface area contributed by atoms with Gasteiger partial charge >= 0.3 is 6.18 Å². The van der Waals surface area contributed by atoms with Crippen molar-refractivity contribution >= 4 is 33.3 Å². The lowest BCUT2D eigenvalue weighted by Crippen LogP contribution is -2.21. The molecule has 2 heterocycles. The monoisotopic (exact) mass is 352 g/mol. The first kappa shape index (κ1) is 17.3. The Labute approximate surface area is 133 Å². The fourth-order valence-electron chi connectivity index (χ4n) is 1.82. The molecule has 0 amide bonds. The maximum Gasteiger partial charge on any atom is 0.411 e. The molecule has 2 aromatic heterocycles. The zero-order valence-electron chi connectivity index (χ0n) is 11.9. The van der Waals surface area contributed by atoms with Gasteiger partial charge in [0.25, 0.3) is 5.56 Å². The van der Waals surface area contributed by atoms with Crippen LogP contribution in [0, 0.1) is 0 Å². The van der Waals surface area contributed by atoms with E-state index in [1.165, 1.54) is 23.1 Å². The Kier molecular flexibility index (Phi) is 5.87. The molecule has 22 heavy (non-hydrogen) atoms. The van der Waals surface area contributed by atoms with Crippen LogP contribution in [0.1, 0.15) is 13.3 Å². The van der Waals surface area contributed by atoms with Crippen molar-refractivity contribution in [3.63, 3.8) is 0 Å². The van der Waals surface area contributed by atoms with Gasteiger partial charge in [0.2, 0.25) is 0 Å². The Bertz CT molecular complexity index is 682. The second kappa shape index (κ2) is 7.47. The van der Waals surface area contributed by atoms with E-state index in [0.717, 1.165) is 0 Å². The Morgan fingerprint density at radius 2 is 2.23 bits per heavy atom. The minimum atomic E-state index is -4.29. The van der Waals surface area contributed by atoms with Crippen LogP contribution in [0.4, 0.5) is 13.2 Å². The van der Waals surface area contributed by atoms with E-state index in [2.05, 4.69) is 9.72 Å². The summed E-state index contributed by atoms with van der Waals surface area (Å²) in [5.41, 5.74) is 0.592. The molecule has 0 N–H and O–H groups in total. The molecule has 2 aromatic rings. The summed E-state index contributed by atoms with van der Waals surface area (Å²) >= 11 is 2.71. The number of thioether (sulfide) groups is 1. The van der Waals surface area contributed by atoms with Gasteiger partial charge in [-0.2, -0.15) is 13.2 Å². The maximum absolute atomic E-state index is 12.3. The van der Waals surface area contributed by atoms with Crippen molar-refractivity contribution in [2.75, 3.05) is 19.0 Å². The smallest absolute Gasteiger partial charge is 0.372 e. The number of aromatic nitrogens is 2. The molecule has 0 atom stereocenters. The molecule has 4 nitrogen and oxygen atoms in total. The molecule has 0 radical (unpaired) electrons. The van der Waals surface area contributed by atoms with Gasteiger partial charge in [-0.15, -0.1) is 11.3 Å². The van der Waals surface area contributed by atoms with Crippen LogP contribution in [-0.2, 0) is 11.3 Å². The molecule has 0 spiro atoms. The number of rotatable bonds is 7. The lowest BCUT2D eigenvalue weighted by molar-refractivity contribution is -0.173. The SMILES string of the molecule is CCn1c(SCCCOCC(F)(F)F)nc2ccsc2c1=O. The minimum absolute atomic E-state index is 0.0313. The van der Waals surface area contributed by atoms with Crippen molar-refractivity contribution < 1.29 is 17.9 Å². The number of fused-ring (bicyclic) bond motifs is 1. The van der Waals surface area contributed by atoms with Gasteiger partial charge in [0.15, 0.2) is 5.16 Å². The van der Waals surface area contributed by atoms with E-state index in [9.17, 15) is 18.0 Å². The highest BCUT2D eigenvalue weighted by Crippen LogP contribution is 2.21. The van der Waals surface area contributed by atoms with Gasteiger partial charge in [0.05, 0.1) is 5.52 Å². The highest BCUT2D eigenvalue weighted by molar-refractivity contribution is 7.99. The van der Waals surface area contributed by atoms with Crippen LogP contribution in [-0.4, -0.2) is 34.7 Å². The van der Waals surface area contributed by atoms with Gasteiger partial charge in [-0.05, 0) is 24.8 Å². The number of halogens is 3. The van der Waals surface area contributed by atoms with Gasteiger partial charge in [-0.25, -0.2) is 4.98 Å². The van der Waals surface area contributed by atoms with Crippen LogP contribution in [0.2, 0.25) is 0 Å². The average Bonchev–Trinajstić information content (AvgIpc) is 2.90. The standard InChI is InChI=1S/C13H15F3N2O2S2/c1-2-18-11(19)10-9(4-7-21-10)17-12(18)22-6-3-5-20-8-13(14,15)16/h4,7H,2-3,5-6,8H2,1H3. The zero-order chi connectivity index (χ0) is 16.2. The third-order valence-corrected chi connectivity index (χ3v) is 4.73. The molecular formula is C13H15F3N2O2S2. The lowest BCUT2D eigenvalue weighted by Gasteiger charge is -2.10. The summed E-state index contributed by atoms with van der Waals surface area (Å²) in [7, 11) is 0. The van der Waals surface area contributed by atoms with Crippen molar-refractivity contribution in [3.8, 4) is 0 Å². The summed E-state index contributed by atoms with van der Waals surface area (Å²) in [6.07, 6.45) is -3.83. The van der Waals surface area contributed by atoms with Crippen molar-refractivity contribution in [1.82, 2.24) is 9.55 Å². The first-order valence-corrected chi connectivity index (χ1v) is 8.54. The Balaban J connectivity index is 1.93. The molecule has 0 bridgehead atoms. The van der Waals surface area contributed by atoms with E-state index in [0.29, 0.717) is 34.1 Å². The second-order valence-corrected chi connectivity index (χ2v) is 6.43. The third kappa shape index (κ3) is 4.47. The minimum Gasteiger partial charge on any atom is -0.372 e. The van der Waals surface area contributed by atoms with Gasteiger partial charge in [-0.1, -0.05) is 11.8 Å². The summed E-state index contributed by atoms with van der Waals surface area (Å²) in [6, 6.07) is 1.79. The number of hydrogen-bond donors (Lipinski definition) is 0. The summed E-state index contributed by atoms with van der Waals surface area (Å²) in [4.78, 5) is 16.7. The van der Waals surface area contributed by atoms with E-state index < -0.39 is 12.8 Å². The molecule has 0 unspecified atom stereocenters. The number of nitrogens with zero attached hydrogens (tertiary/aromatic N) is 2. The number of hydrogen-bond acceptors (Lipinski definition) is 5. The van der Waals surface area contributed by atoms with Crippen LogP contribution in [0.3, 0.4) is 0 Å². The Morgan fingerprint density at radius 3 is 2.91 bits per heavy atom. The molecule has 0 aliphatic carbocycles. The molecule has 2 rings (SSSR count). The van der Waals surface area contributed by atoms with E-state index in [1.807, 2.05) is 12.3 Å². The van der Waals surface area contributed by atoms with Crippen LogP contribution in [0.5, 0.6) is 0 Å². The normalized spacial score (nSPS) is 12.2. The van der Waals surface area contributed by atoms with Gasteiger partial charge in [0.1, 0.15) is 11.3 Å². The topological polar surface area (TPSA) is 44.1 Å². The first-order valence-electron chi connectivity index (χ1n) is 6.67. The highest BCUT2D eigenvalue weighted by atomic mass is 32.2. The van der Waals surface area contributed by atoms with Crippen molar-refractivity contribution in [2.24, 2.45) is 0 Å². The van der Waals surface area contributed by atoms with Gasteiger partial charge in [-0.3, -0.25) is 9.36 Å². The average molecular weight is 352 g/mol. The van der Waals surface area contributed by atoms with E-state index in [1.54, 1.807) is 10.6 Å². The second-order valence-electron chi connectivity index (χ2n) is 4.45. The van der Waals surface area contributed by atoms with Crippen LogP contribution < -0.4 is 5.56 Å². The van der Waals surface area contributed by atoms with E-state index >= 15 is 0 Å². The Hall–Kier alpha value is -1.06. The third-order valence-electron chi connectivity index (χ3n) is 2.78. The Morgan fingerprint density at radius 1 is 1.45 bits per heavy atom. The quantitative estimate of drug-likeness (QED) is 0.434. The molecule has 0 aliphatic heterocycles. The maximum atomic E-state index is 12.3. The molecular weight excluding hydrogens is 337 g/mol. The predicted molar refractivity (Wildman–Crippen MR) is 81.8 cm³/mol. The number of thiophene rings is 1. The van der Waals surface area contributed by atoms with Crippen LogP contribution in [0.15, 0.2) is 21.4 Å². The molecule has 0 saturated heterocycles. The summed E-state index contributed by atoms with van der Waals surface area (Å²) in [6.45, 7) is 1.17. The molecule has 0 aromatic carbocycles. The summed E-state index contributed by atoms with van der Waals surface area (Å²) in [5.74, 6) is 0.542. The van der Waals surface area contributed by atoms with Crippen molar-refractivity contribution in [2.45, 2.75) is 31.2 Å². The lowest BCUT2D eigenvalue weighted by atomic mass is 10.5. The zero-order valence-corrected chi connectivity index (χ0v) is 13.5. The van der Waals surface area contributed by atoms with Crippen LogP contribution >= 0.6 is 23.1 Å². The van der Waals surface area contributed by atoms with E-state index in [-0.39, 0.29) is 12.2 Å². The molecule has 9 heteroatoms. The first-order chi connectivity index (χ1) is 10.4. The van der Waals surface area contributed by atoms with Crippen molar-refractivity contribution in [3.05, 3.63) is 21.8 Å². The summed E-state index contributed by atoms with van der Waals surface area (Å²) in [5, 5.41) is 2.41. The van der Waals surface area contributed by atoms with Gasteiger partial charge < -0.3 is 4.74 Å². The molecule has 0 aliphatic rings. The van der Waals surface area contributed by atoms with Gasteiger partial charge in [0, 0.05) is 18.9 Å². The fraction of sp³-hybridized carbons (Fsp3) is 0.538. The predicted octanol–water partition coefficient (Wildman–Crippen LogP) is 3.54. The molecule has 0 fully saturated rings. The van der Waals surface area contributed by atoms with E-state index in [4.69, 9.17) is 0 Å². The number of alkyl halides is 3. The van der Waals surface area contributed by atoms with Crippen molar-refractivity contribution in [1.29, 1.82) is 0 Å². The molecule has 0 saturated carbocycles. The molecule has 122 valence electrons. The largest absolute Gasteiger partial charge is 0.411 e. The highest BCUT2D eigenvalue weighted by Gasteiger charge is 2.27. The van der Waals surface area contributed by atoms with Crippen LogP contribution in [0.25, 0.3) is 10.2 Å². The summed E-state index contributed by atoms with van der Waals surface area (Å²) < 4.78 is 42.5.